The highest BCUT2D eigenvalue weighted by atomic mass is 79.9. The molecular weight excluding hydrogens is 348 g/mol. The quantitative estimate of drug-likeness (QED) is 0.779. The van der Waals surface area contributed by atoms with Crippen LogP contribution < -0.4 is 10.6 Å². The number of rotatable bonds is 6. The van der Waals surface area contributed by atoms with Crippen molar-refractivity contribution in [1.29, 1.82) is 0 Å². The molecule has 2 aromatic rings. The van der Waals surface area contributed by atoms with Gasteiger partial charge in [0.25, 0.3) is 0 Å². The summed E-state index contributed by atoms with van der Waals surface area (Å²) in [5.41, 5.74) is 2.74. The molecule has 1 fully saturated rings. The number of hydrogen-bond acceptors (Lipinski definition) is 2. The molecule has 2 atom stereocenters. The van der Waals surface area contributed by atoms with Gasteiger partial charge in [-0.25, -0.2) is 0 Å². The molecule has 0 bridgehead atoms. The van der Waals surface area contributed by atoms with Gasteiger partial charge < -0.3 is 10.6 Å². The summed E-state index contributed by atoms with van der Waals surface area (Å²) in [5.74, 6) is 0. The molecule has 2 nitrogen and oxygen atoms in total. The Morgan fingerprint density at radius 2 is 1.04 bits per heavy atom. The minimum absolute atomic E-state index is 0. The van der Waals surface area contributed by atoms with Crippen LogP contribution in [0, 0.1) is 0 Å². The van der Waals surface area contributed by atoms with Gasteiger partial charge in [0.1, 0.15) is 0 Å². The van der Waals surface area contributed by atoms with E-state index in [0.29, 0.717) is 12.1 Å². The van der Waals surface area contributed by atoms with Gasteiger partial charge >= 0.3 is 0 Å². The van der Waals surface area contributed by atoms with E-state index in [9.17, 15) is 0 Å². The van der Waals surface area contributed by atoms with Crippen molar-refractivity contribution in [2.75, 3.05) is 0 Å². The van der Waals surface area contributed by atoms with Crippen molar-refractivity contribution in [1.82, 2.24) is 10.6 Å². The van der Waals surface area contributed by atoms with Gasteiger partial charge in [-0.15, -0.1) is 17.0 Å². The largest absolute Gasteiger partial charge is 0.308 e. The van der Waals surface area contributed by atoms with E-state index in [2.05, 4.69) is 71.3 Å². The van der Waals surface area contributed by atoms with Gasteiger partial charge in [-0.1, -0.05) is 73.5 Å². The molecule has 1 aliphatic rings. The van der Waals surface area contributed by atoms with Gasteiger partial charge in [0.2, 0.25) is 0 Å². The van der Waals surface area contributed by atoms with Crippen LogP contribution in [-0.2, 0) is 13.1 Å². The summed E-state index contributed by atoms with van der Waals surface area (Å²) >= 11 is 0. The molecule has 0 saturated heterocycles. The van der Waals surface area contributed by atoms with Crippen molar-refractivity contribution in [2.45, 2.75) is 50.9 Å². The van der Waals surface area contributed by atoms with Crippen LogP contribution in [0.25, 0.3) is 0 Å². The maximum atomic E-state index is 3.76. The van der Waals surface area contributed by atoms with E-state index in [1.165, 1.54) is 36.8 Å². The highest BCUT2D eigenvalue weighted by Crippen LogP contribution is 2.19. The van der Waals surface area contributed by atoms with Crippen LogP contribution in [0.4, 0.5) is 0 Å². The van der Waals surface area contributed by atoms with Crippen molar-refractivity contribution in [3.05, 3.63) is 71.8 Å². The fourth-order valence-electron chi connectivity index (χ4n) is 3.31. The second-order valence-electron chi connectivity index (χ2n) is 6.23. The number of benzene rings is 2. The minimum Gasteiger partial charge on any atom is -0.308 e. The molecule has 0 spiro atoms. The second-order valence-corrected chi connectivity index (χ2v) is 6.23. The molecular formula is C20H27BrN2. The Bertz CT molecular complexity index is 493. The molecule has 124 valence electrons. The predicted molar refractivity (Wildman–Crippen MR) is 103 cm³/mol. The topological polar surface area (TPSA) is 24.1 Å². The fraction of sp³-hybridized carbons (Fsp3) is 0.400. The summed E-state index contributed by atoms with van der Waals surface area (Å²) in [6.07, 6.45) is 5.24. The molecule has 23 heavy (non-hydrogen) atoms. The third-order valence-corrected chi connectivity index (χ3v) is 4.59. The van der Waals surface area contributed by atoms with Crippen LogP contribution in [0.5, 0.6) is 0 Å². The van der Waals surface area contributed by atoms with Gasteiger partial charge in [-0.3, -0.25) is 0 Å². The zero-order chi connectivity index (χ0) is 15.0. The van der Waals surface area contributed by atoms with Gasteiger partial charge in [0.15, 0.2) is 0 Å². The van der Waals surface area contributed by atoms with Crippen LogP contribution in [0.15, 0.2) is 60.7 Å². The molecule has 0 aromatic heterocycles. The molecule has 3 heteroatoms. The second kappa shape index (κ2) is 9.86. The normalized spacial score (nSPS) is 20.7. The molecule has 0 amide bonds. The molecule has 0 aliphatic heterocycles. The highest BCUT2D eigenvalue weighted by Gasteiger charge is 2.23. The number of nitrogens with one attached hydrogen (secondary N) is 2. The Morgan fingerprint density at radius 1 is 0.652 bits per heavy atom. The predicted octanol–water partition coefficient (Wildman–Crippen LogP) is 4.46. The molecule has 3 rings (SSSR count). The molecule has 1 aliphatic carbocycles. The highest BCUT2D eigenvalue weighted by molar-refractivity contribution is 8.93. The summed E-state index contributed by atoms with van der Waals surface area (Å²) in [7, 11) is 0. The average Bonchev–Trinajstić information content (AvgIpc) is 2.61. The monoisotopic (exact) mass is 374 g/mol. The van der Waals surface area contributed by atoms with Crippen molar-refractivity contribution in [3.63, 3.8) is 0 Å². The first kappa shape index (κ1) is 18.2. The number of hydrogen-bond donors (Lipinski definition) is 2. The van der Waals surface area contributed by atoms with Crippen LogP contribution in [0.2, 0.25) is 0 Å². The molecule has 0 radical (unpaired) electrons. The van der Waals surface area contributed by atoms with Crippen LogP contribution in [0.3, 0.4) is 0 Å². The van der Waals surface area contributed by atoms with E-state index >= 15 is 0 Å². The van der Waals surface area contributed by atoms with Gasteiger partial charge in [0.05, 0.1) is 0 Å². The van der Waals surface area contributed by atoms with E-state index in [-0.39, 0.29) is 17.0 Å². The maximum absolute atomic E-state index is 3.76. The van der Waals surface area contributed by atoms with Gasteiger partial charge in [0, 0.05) is 25.2 Å². The van der Waals surface area contributed by atoms with E-state index < -0.39 is 0 Å². The van der Waals surface area contributed by atoms with E-state index in [1.807, 2.05) is 0 Å². The average molecular weight is 375 g/mol. The first-order valence-electron chi connectivity index (χ1n) is 8.46. The third kappa shape index (κ3) is 5.76. The SMILES string of the molecule is Br.c1ccc(CNC2CCCCC2NCc2ccccc2)cc1. The number of halogens is 1. The molecule has 2 N–H and O–H groups in total. The Balaban J connectivity index is 0.00000192. The van der Waals surface area contributed by atoms with Crippen molar-refractivity contribution >= 4 is 17.0 Å². The lowest BCUT2D eigenvalue weighted by atomic mass is 9.90. The lowest BCUT2D eigenvalue weighted by Crippen LogP contribution is -2.49. The Morgan fingerprint density at radius 3 is 1.43 bits per heavy atom. The molecule has 2 unspecified atom stereocenters. The van der Waals surface area contributed by atoms with Gasteiger partial charge in [-0.05, 0) is 24.0 Å². The molecule has 1 saturated carbocycles. The zero-order valence-electron chi connectivity index (χ0n) is 13.6. The molecule has 0 heterocycles. The summed E-state index contributed by atoms with van der Waals surface area (Å²) in [6, 6.07) is 22.6. The summed E-state index contributed by atoms with van der Waals surface area (Å²) in [4.78, 5) is 0. The van der Waals surface area contributed by atoms with Crippen molar-refractivity contribution in [3.8, 4) is 0 Å². The van der Waals surface area contributed by atoms with Crippen molar-refractivity contribution in [2.24, 2.45) is 0 Å². The Labute approximate surface area is 150 Å². The zero-order valence-corrected chi connectivity index (χ0v) is 15.3. The summed E-state index contributed by atoms with van der Waals surface area (Å²) in [5, 5.41) is 7.52. The smallest absolute Gasteiger partial charge is 0.0224 e. The Kier molecular flexibility index (Phi) is 7.80. The van der Waals surface area contributed by atoms with E-state index in [0.717, 1.165) is 13.1 Å². The lowest BCUT2D eigenvalue weighted by Gasteiger charge is -2.33. The van der Waals surface area contributed by atoms with Gasteiger partial charge in [-0.2, -0.15) is 0 Å². The summed E-state index contributed by atoms with van der Waals surface area (Å²) in [6.45, 7) is 1.93. The standard InChI is InChI=1S/C20H26N2.BrH/c1-3-9-17(10-4-1)15-21-19-13-7-8-14-20(19)22-16-18-11-5-2-6-12-18;/h1-6,9-12,19-22H,7-8,13-16H2;1H. The summed E-state index contributed by atoms with van der Waals surface area (Å²) < 4.78 is 0. The van der Waals surface area contributed by atoms with E-state index in [4.69, 9.17) is 0 Å². The maximum Gasteiger partial charge on any atom is 0.0224 e. The first-order valence-corrected chi connectivity index (χ1v) is 8.46. The van der Waals surface area contributed by atoms with Crippen LogP contribution in [0.1, 0.15) is 36.8 Å². The van der Waals surface area contributed by atoms with Crippen LogP contribution in [-0.4, -0.2) is 12.1 Å². The minimum atomic E-state index is 0. The fourth-order valence-corrected chi connectivity index (χ4v) is 3.31. The third-order valence-electron chi connectivity index (χ3n) is 4.59. The lowest BCUT2D eigenvalue weighted by molar-refractivity contribution is 0.281. The van der Waals surface area contributed by atoms with Crippen molar-refractivity contribution < 1.29 is 0 Å². The van der Waals surface area contributed by atoms with Crippen LogP contribution >= 0.6 is 17.0 Å². The molecule has 2 aromatic carbocycles. The Hall–Kier alpha value is -1.16. The van der Waals surface area contributed by atoms with E-state index in [1.54, 1.807) is 0 Å². The first-order chi connectivity index (χ1) is 10.9.